The molecule has 0 aromatic heterocycles. The molecule has 1 heteroatoms. The molecule has 2 radical (unpaired) electrons. The van der Waals surface area contributed by atoms with Crippen molar-refractivity contribution in [2.45, 2.75) is 19.8 Å². The van der Waals surface area contributed by atoms with Crippen molar-refractivity contribution in [3.63, 3.8) is 0 Å². The Hall–Kier alpha value is -0.222. The third kappa shape index (κ3) is 1.88. The second-order valence-corrected chi connectivity index (χ2v) is 3.39. The summed E-state index contributed by atoms with van der Waals surface area (Å²) >= 11 is 2.61. The first-order valence-electron chi connectivity index (χ1n) is 3.61. The van der Waals surface area contributed by atoms with Gasteiger partial charge < -0.3 is 0 Å². The summed E-state index contributed by atoms with van der Waals surface area (Å²) in [5.41, 5.74) is 1.46. The van der Waals surface area contributed by atoms with E-state index in [1.165, 1.54) is 22.8 Å². The van der Waals surface area contributed by atoms with Gasteiger partial charge in [0.1, 0.15) is 0 Å². The average molecular weight is 194 g/mol. The van der Waals surface area contributed by atoms with Crippen LogP contribution in [0.25, 0.3) is 0 Å². The Morgan fingerprint density at radius 1 is 1.30 bits per heavy atom. The van der Waals surface area contributed by atoms with E-state index >= 15 is 0 Å². The number of rotatable bonds is 2. The van der Waals surface area contributed by atoms with E-state index in [9.17, 15) is 0 Å². The topological polar surface area (TPSA) is 0 Å². The first kappa shape index (κ1) is 7.88. The first-order valence-corrected chi connectivity index (χ1v) is 4.55. The summed E-state index contributed by atoms with van der Waals surface area (Å²) in [5, 5.41) is 0. The number of aryl methyl sites for hydroxylation is 1. The van der Waals surface area contributed by atoms with E-state index in [1.54, 1.807) is 0 Å². The fraction of sp³-hybridized carbons (Fsp3) is 0.333. The van der Waals surface area contributed by atoms with Crippen molar-refractivity contribution in [1.82, 2.24) is 0 Å². The van der Waals surface area contributed by atoms with Crippen LogP contribution in [-0.4, -0.2) is 16.9 Å². The molecular formula is C9H11As. The van der Waals surface area contributed by atoms with Gasteiger partial charge in [0.15, 0.2) is 0 Å². The quantitative estimate of drug-likeness (QED) is 0.625. The maximum absolute atomic E-state index is 2.61. The Balaban J connectivity index is 2.81. The van der Waals surface area contributed by atoms with Gasteiger partial charge in [0.25, 0.3) is 0 Å². The van der Waals surface area contributed by atoms with Crippen LogP contribution in [-0.2, 0) is 6.42 Å². The van der Waals surface area contributed by atoms with Crippen LogP contribution < -0.4 is 4.35 Å². The van der Waals surface area contributed by atoms with Gasteiger partial charge in [-0.15, -0.1) is 0 Å². The van der Waals surface area contributed by atoms with Gasteiger partial charge in [-0.05, 0) is 0 Å². The predicted molar refractivity (Wildman–Crippen MR) is 45.8 cm³/mol. The van der Waals surface area contributed by atoms with Crippen molar-refractivity contribution in [2.24, 2.45) is 0 Å². The van der Waals surface area contributed by atoms with E-state index in [0.717, 1.165) is 0 Å². The summed E-state index contributed by atoms with van der Waals surface area (Å²) < 4.78 is 1.36. The van der Waals surface area contributed by atoms with E-state index in [0.29, 0.717) is 0 Å². The van der Waals surface area contributed by atoms with Crippen LogP contribution in [0, 0.1) is 0 Å². The van der Waals surface area contributed by atoms with Gasteiger partial charge in [-0.3, -0.25) is 0 Å². The van der Waals surface area contributed by atoms with E-state index in [-0.39, 0.29) is 0 Å². The summed E-state index contributed by atoms with van der Waals surface area (Å²) in [6.07, 6.45) is 2.43. The van der Waals surface area contributed by atoms with E-state index in [4.69, 9.17) is 0 Å². The Morgan fingerprint density at radius 2 is 2.00 bits per heavy atom. The predicted octanol–water partition coefficient (Wildman–Crippen LogP) is 1.43. The number of hydrogen-bond donors (Lipinski definition) is 0. The molecule has 0 bridgehead atoms. The zero-order valence-corrected chi connectivity index (χ0v) is 8.05. The molecule has 1 aromatic rings. The van der Waals surface area contributed by atoms with E-state index in [2.05, 4.69) is 48.0 Å². The van der Waals surface area contributed by atoms with Crippen LogP contribution in [0.15, 0.2) is 24.3 Å². The molecule has 0 saturated heterocycles. The molecule has 0 atom stereocenters. The Morgan fingerprint density at radius 3 is 2.60 bits per heavy atom. The van der Waals surface area contributed by atoms with Crippen LogP contribution in [0.1, 0.15) is 18.9 Å². The minimum absolute atomic E-state index is 1.20. The van der Waals surface area contributed by atoms with Crippen molar-refractivity contribution in [3.8, 4) is 0 Å². The Kier molecular flexibility index (Phi) is 3.02. The second-order valence-electron chi connectivity index (χ2n) is 2.38. The van der Waals surface area contributed by atoms with Crippen molar-refractivity contribution in [1.29, 1.82) is 0 Å². The zero-order valence-electron chi connectivity index (χ0n) is 6.17. The van der Waals surface area contributed by atoms with Gasteiger partial charge in [0.05, 0.1) is 0 Å². The van der Waals surface area contributed by atoms with E-state index in [1.807, 2.05) is 0 Å². The Labute approximate surface area is 71.1 Å². The molecule has 0 fully saturated rings. The van der Waals surface area contributed by atoms with Gasteiger partial charge in [0, 0.05) is 0 Å². The summed E-state index contributed by atoms with van der Waals surface area (Å²) in [7, 11) is 0. The van der Waals surface area contributed by atoms with Gasteiger partial charge in [-0.1, -0.05) is 0 Å². The molecule has 0 amide bonds. The third-order valence-electron chi connectivity index (χ3n) is 1.51. The van der Waals surface area contributed by atoms with E-state index < -0.39 is 0 Å². The van der Waals surface area contributed by atoms with Crippen molar-refractivity contribution in [3.05, 3.63) is 29.8 Å². The molecule has 1 rings (SSSR count). The molecule has 0 aliphatic heterocycles. The summed E-state index contributed by atoms with van der Waals surface area (Å²) in [6, 6.07) is 8.51. The number of benzene rings is 1. The van der Waals surface area contributed by atoms with Gasteiger partial charge in [0.2, 0.25) is 0 Å². The summed E-state index contributed by atoms with van der Waals surface area (Å²) in [5.74, 6) is 0. The molecule has 0 heterocycles. The molecule has 0 aliphatic carbocycles. The van der Waals surface area contributed by atoms with Crippen LogP contribution in [0.3, 0.4) is 0 Å². The zero-order chi connectivity index (χ0) is 7.40. The van der Waals surface area contributed by atoms with Gasteiger partial charge in [-0.2, -0.15) is 0 Å². The molecule has 0 spiro atoms. The van der Waals surface area contributed by atoms with Crippen molar-refractivity contribution < 1.29 is 0 Å². The molecule has 10 heavy (non-hydrogen) atoms. The van der Waals surface area contributed by atoms with Crippen molar-refractivity contribution >= 4 is 21.2 Å². The van der Waals surface area contributed by atoms with Crippen molar-refractivity contribution in [2.75, 3.05) is 0 Å². The second kappa shape index (κ2) is 3.83. The summed E-state index contributed by atoms with van der Waals surface area (Å²) in [6.45, 7) is 2.21. The van der Waals surface area contributed by atoms with Crippen LogP contribution in [0.2, 0.25) is 0 Å². The molecule has 0 nitrogen and oxygen atoms in total. The van der Waals surface area contributed by atoms with Crippen LogP contribution >= 0.6 is 0 Å². The normalized spacial score (nSPS) is 9.80. The molecule has 0 saturated carbocycles. The molecule has 0 aliphatic rings. The SMILES string of the molecule is CCCc1ccccc1[As]. The summed E-state index contributed by atoms with van der Waals surface area (Å²) in [4.78, 5) is 0. The fourth-order valence-corrected chi connectivity index (χ4v) is 1.56. The Bertz CT molecular complexity index is 206. The van der Waals surface area contributed by atoms with Crippen LogP contribution in [0.5, 0.6) is 0 Å². The number of hydrogen-bond acceptors (Lipinski definition) is 0. The fourth-order valence-electron chi connectivity index (χ4n) is 0.992. The molecule has 52 valence electrons. The first-order chi connectivity index (χ1) is 4.84. The minimum atomic E-state index is 1.20. The molecular weight excluding hydrogens is 183 g/mol. The average Bonchev–Trinajstić information content (AvgIpc) is 1.94. The standard InChI is InChI=1S/C9H11As/c1-2-5-8-6-3-4-7-9(8)10/h3-4,6-7H,2,5H2,1H3. The van der Waals surface area contributed by atoms with Gasteiger partial charge >= 0.3 is 70.8 Å². The maximum atomic E-state index is 2.61. The monoisotopic (exact) mass is 194 g/mol. The molecule has 1 aromatic carbocycles. The van der Waals surface area contributed by atoms with Gasteiger partial charge in [-0.25, -0.2) is 0 Å². The third-order valence-corrected chi connectivity index (χ3v) is 2.43. The molecule has 0 unspecified atom stereocenters. The van der Waals surface area contributed by atoms with Crippen LogP contribution in [0.4, 0.5) is 0 Å². The molecule has 0 N–H and O–H groups in total.